The van der Waals surface area contributed by atoms with Crippen molar-refractivity contribution in [2.24, 2.45) is 17.3 Å². The standard InChI is InChI=1S/C21H35N3O4/c1-22-19(26)18(16-9-3-2-4-10-16)24-12-11-21(20(24)27,14-17(25)23-28)13-15-7-5-6-8-15/h15-16,18,28H,2-14H2,1H3,(H,22,26)(H,23,25). The SMILES string of the molecule is CNC(=O)C(C1CCCCC1)N1CCC(CC(=O)NO)(CC2CCCC2)C1=O. The molecule has 158 valence electrons. The fourth-order valence-electron chi connectivity index (χ4n) is 5.86. The second-order valence-corrected chi connectivity index (χ2v) is 9.05. The highest BCUT2D eigenvalue weighted by Crippen LogP contribution is 2.46. The van der Waals surface area contributed by atoms with Crippen LogP contribution in [0.25, 0.3) is 0 Å². The van der Waals surface area contributed by atoms with E-state index in [4.69, 9.17) is 5.21 Å². The van der Waals surface area contributed by atoms with Crippen molar-refractivity contribution in [3.63, 3.8) is 0 Å². The van der Waals surface area contributed by atoms with Gasteiger partial charge in [-0.1, -0.05) is 44.9 Å². The van der Waals surface area contributed by atoms with Gasteiger partial charge in [-0.15, -0.1) is 0 Å². The fourth-order valence-corrected chi connectivity index (χ4v) is 5.86. The van der Waals surface area contributed by atoms with E-state index in [-0.39, 0.29) is 24.2 Å². The van der Waals surface area contributed by atoms with Gasteiger partial charge in [0.2, 0.25) is 17.7 Å². The molecular formula is C21H35N3O4. The van der Waals surface area contributed by atoms with Gasteiger partial charge in [-0.2, -0.15) is 0 Å². The summed E-state index contributed by atoms with van der Waals surface area (Å²) in [6, 6.07) is -0.444. The number of carbonyl (C=O) groups is 3. The van der Waals surface area contributed by atoms with E-state index in [1.165, 1.54) is 19.3 Å². The summed E-state index contributed by atoms with van der Waals surface area (Å²) in [5, 5.41) is 11.8. The van der Waals surface area contributed by atoms with Crippen LogP contribution >= 0.6 is 0 Å². The second kappa shape index (κ2) is 9.25. The molecule has 0 radical (unpaired) electrons. The zero-order valence-corrected chi connectivity index (χ0v) is 17.0. The normalized spacial score (nSPS) is 27.8. The van der Waals surface area contributed by atoms with E-state index in [9.17, 15) is 14.4 Å². The Kier molecular flexibility index (Phi) is 6.96. The van der Waals surface area contributed by atoms with Crippen LogP contribution < -0.4 is 10.8 Å². The zero-order valence-electron chi connectivity index (χ0n) is 17.0. The monoisotopic (exact) mass is 393 g/mol. The zero-order chi connectivity index (χ0) is 20.1. The van der Waals surface area contributed by atoms with Crippen LogP contribution in [0.2, 0.25) is 0 Å². The first-order chi connectivity index (χ1) is 13.5. The molecule has 3 fully saturated rings. The Labute approximate surface area is 167 Å². The molecule has 7 nitrogen and oxygen atoms in total. The minimum atomic E-state index is -0.789. The summed E-state index contributed by atoms with van der Waals surface area (Å²) >= 11 is 0. The lowest BCUT2D eigenvalue weighted by Gasteiger charge is -2.37. The molecule has 28 heavy (non-hydrogen) atoms. The number of nitrogens with zero attached hydrogens (tertiary/aromatic N) is 1. The van der Waals surface area contributed by atoms with Gasteiger partial charge < -0.3 is 10.2 Å². The number of rotatable bonds is 7. The molecular weight excluding hydrogens is 358 g/mol. The summed E-state index contributed by atoms with van der Waals surface area (Å²) < 4.78 is 0. The summed E-state index contributed by atoms with van der Waals surface area (Å²) in [6.07, 6.45) is 11.1. The quantitative estimate of drug-likeness (QED) is 0.457. The molecule has 2 unspecified atom stereocenters. The lowest BCUT2D eigenvalue weighted by atomic mass is 9.74. The third-order valence-corrected chi connectivity index (χ3v) is 7.27. The minimum absolute atomic E-state index is 0.000460. The van der Waals surface area contributed by atoms with Crippen LogP contribution in [0.3, 0.4) is 0 Å². The van der Waals surface area contributed by atoms with Crippen LogP contribution in [0, 0.1) is 17.3 Å². The van der Waals surface area contributed by atoms with Gasteiger partial charge in [0.05, 0.1) is 5.41 Å². The van der Waals surface area contributed by atoms with E-state index >= 15 is 0 Å². The third kappa shape index (κ3) is 4.34. The van der Waals surface area contributed by atoms with E-state index in [2.05, 4.69) is 5.32 Å². The van der Waals surface area contributed by atoms with Gasteiger partial charge in [-0.25, -0.2) is 5.48 Å². The van der Waals surface area contributed by atoms with E-state index in [1.807, 2.05) is 0 Å². The van der Waals surface area contributed by atoms with Crippen molar-refractivity contribution in [1.29, 1.82) is 0 Å². The highest BCUT2D eigenvalue weighted by molar-refractivity contribution is 5.94. The van der Waals surface area contributed by atoms with Crippen molar-refractivity contribution in [2.75, 3.05) is 13.6 Å². The van der Waals surface area contributed by atoms with Crippen LogP contribution in [0.15, 0.2) is 0 Å². The Hall–Kier alpha value is -1.63. The predicted molar refractivity (Wildman–Crippen MR) is 104 cm³/mol. The van der Waals surface area contributed by atoms with Crippen LogP contribution in [0.5, 0.6) is 0 Å². The molecule has 3 aliphatic rings. The number of hydrogen-bond acceptors (Lipinski definition) is 4. The van der Waals surface area contributed by atoms with Gasteiger partial charge in [0.15, 0.2) is 0 Å². The van der Waals surface area contributed by atoms with Gasteiger partial charge in [0.25, 0.3) is 0 Å². The number of carbonyl (C=O) groups excluding carboxylic acids is 3. The van der Waals surface area contributed by atoms with Gasteiger partial charge >= 0.3 is 0 Å². The molecule has 0 bridgehead atoms. The van der Waals surface area contributed by atoms with Crippen LogP contribution in [-0.4, -0.2) is 47.5 Å². The first kappa shape index (κ1) is 21.1. The largest absolute Gasteiger partial charge is 0.357 e. The number of nitrogens with one attached hydrogen (secondary N) is 2. The van der Waals surface area contributed by atoms with Crippen molar-refractivity contribution in [3.05, 3.63) is 0 Å². The highest BCUT2D eigenvalue weighted by atomic mass is 16.5. The van der Waals surface area contributed by atoms with Crippen LogP contribution in [0.4, 0.5) is 0 Å². The summed E-state index contributed by atoms with van der Waals surface area (Å²) in [7, 11) is 1.63. The maximum Gasteiger partial charge on any atom is 0.244 e. The molecule has 0 aromatic carbocycles. The van der Waals surface area contributed by atoms with E-state index in [0.717, 1.165) is 38.5 Å². The van der Waals surface area contributed by atoms with Gasteiger partial charge in [0.1, 0.15) is 6.04 Å². The molecule has 2 atom stereocenters. The number of hydroxylamine groups is 1. The maximum absolute atomic E-state index is 13.7. The molecule has 3 rings (SSSR count). The van der Waals surface area contributed by atoms with Gasteiger partial charge in [-0.3, -0.25) is 19.6 Å². The Balaban J connectivity index is 1.83. The van der Waals surface area contributed by atoms with E-state index in [0.29, 0.717) is 25.3 Å². The smallest absolute Gasteiger partial charge is 0.244 e. The van der Waals surface area contributed by atoms with Crippen molar-refractivity contribution < 1.29 is 19.6 Å². The molecule has 1 aliphatic heterocycles. The fraction of sp³-hybridized carbons (Fsp3) is 0.857. The Bertz CT molecular complexity index is 584. The second-order valence-electron chi connectivity index (χ2n) is 9.05. The molecule has 1 saturated heterocycles. The Morgan fingerprint density at radius 1 is 1.14 bits per heavy atom. The topological polar surface area (TPSA) is 98.7 Å². The van der Waals surface area contributed by atoms with Crippen molar-refractivity contribution in [3.8, 4) is 0 Å². The predicted octanol–water partition coefficient (Wildman–Crippen LogP) is 2.38. The Morgan fingerprint density at radius 3 is 2.39 bits per heavy atom. The third-order valence-electron chi connectivity index (χ3n) is 7.27. The van der Waals surface area contributed by atoms with Crippen molar-refractivity contribution in [1.82, 2.24) is 15.7 Å². The number of likely N-dealkylation sites (tertiary alicyclic amines) is 1. The molecule has 3 amide bonds. The molecule has 7 heteroatoms. The molecule has 1 heterocycles. The van der Waals surface area contributed by atoms with E-state index in [1.54, 1.807) is 17.4 Å². The van der Waals surface area contributed by atoms with Gasteiger partial charge in [0, 0.05) is 20.0 Å². The maximum atomic E-state index is 13.7. The Morgan fingerprint density at radius 2 is 1.79 bits per heavy atom. The van der Waals surface area contributed by atoms with Crippen molar-refractivity contribution >= 4 is 17.7 Å². The molecule has 0 aromatic heterocycles. The lowest BCUT2D eigenvalue weighted by molar-refractivity contribution is -0.148. The first-order valence-electron chi connectivity index (χ1n) is 11.0. The van der Waals surface area contributed by atoms with Crippen molar-refractivity contribution in [2.45, 2.75) is 83.1 Å². The summed E-state index contributed by atoms with van der Waals surface area (Å²) in [5.41, 5.74) is 0.926. The average Bonchev–Trinajstić information content (AvgIpc) is 3.33. The summed E-state index contributed by atoms with van der Waals surface area (Å²) in [4.78, 5) is 40.2. The molecule has 0 aromatic rings. The minimum Gasteiger partial charge on any atom is -0.357 e. The first-order valence-corrected chi connectivity index (χ1v) is 11.0. The number of amides is 3. The van der Waals surface area contributed by atoms with Gasteiger partial charge in [-0.05, 0) is 37.5 Å². The van der Waals surface area contributed by atoms with Crippen LogP contribution in [-0.2, 0) is 14.4 Å². The molecule has 2 saturated carbocycles. The number of hydrogen-bond donors (Lipinski definition) is 3. The summed E-state index contributed by atoms with van der Waals surface area (Å²) in [5.74, 6) is -0.0387. The molecule has 3 N–H and O–H groups in total. The highest BCUT2D eigenvalue weighted by Gasteiger charge is 2.52. The van der Waals surface area contributed by atoms with E-state index < -0.39 is 17.4 Å². The lowest BCUT2D eigenvalue weighted by Crippen LogP contribution is -2.53. The number of likely N-dealkylation sites (N-methyl/N-ethyl adjacent to an activating group) is 1. The molecule has 0 spiro atoms. The average molecular weight is 394 g/mol. The van der Waals surface area contributed by atoms with Crippen LogP contribution in [0.1, 0.15) is 77.0 Å². The summed E-state index contributed by atoms with van der Waals surface area (Å²) in [6.45, 7) is 0.513. The molecule has 2 aliphatic carbocycles.